The van der Waals surface area contributed by atoms with Gasteiger partial charge in [-0.1, -0.05) is 12.1 Å². The molecule has 0 aliphatic carbocycles. The number of para-hydroxylation sites is 2. The average Bonchev–Trinajstić information content (AvgIpc) is 3.13. The van der Waals surface area contributed by atoms with Gasteiger partial charge in [-0.25, -0.2) is 4.98 Å². The Morgan fingerprint density at radius 1 is 1.23 bits per heavy atom. The van der Waals surface area contributed by atoms with Crippen molar-refractivity contribution in [1.29, 1.82) is 0 Å². The minimum Gasteiger partial charge on any atom is -0.394 e. The van der Waals surface area contributed by atoms with Crippen molar-refractivity contribution in [2.75, 3.05) is 19.8 Å². The van der Waals surface area contributed by atoms with Crippen LogP contribution in [0.25, 0.3) is 16.7 Å². The van der Waals surface area contributed by atoms with E-state index >= 15 is 0 Å². The van der Waals surface area contributed by atoms with E-state index in [4.69, 9.17) is 4.74 Å². The summed E-state index contributed by atoms with van der Waals surface area (Å²) < 4.78 is 7.42. The van der Waals surface area contributed by atoms with E-state index in [2.05, 4.69) is 10.3 Å². The third-order valence-corrected chi connectivity index (χ3v) is 4.86. The second kappa shape index (κ2) is 6.90. The number of aliphatic hydroxyl groups is 1. The maximum atomic E-state index is 12.6. The number of benzene rings is 2. The largest absolute Gasteiger partial charge is 0.394 e. The zero-order chi connectivity index (χ0) is 18.0. The summed E-state index contributed by atoms with van der Waals surface area (Å²) in [6.45, 7) is 0.886. The van der Waals surface area contributed by atoms with Crippen molar-refractivity contribution in [3.63, 3.8) is 0 Å². The van der Waals surface area contributed by atoms with Crippen LogP contribution in [0.4, 0.5) is 0 Å². The summed E-state index contributed by atoms with van der Waals surface area (Å²) in [4.78, 5) is 17.0. The highest BCUT2D eigenvalue weighted by Crippen LogP contribution is 2.21. The Bertz CT molecular complexity index is 911. The average molecular weight is 351 g/mol. The van der Waals surface area contributed by atoms with Crippen molar-refractivity contribution in [3.05, 3.63) is 60.4 Å². The van der Waals surface area contributed by atoms with Crippen LogP contribution in [0.1, 0.15) is 23.2 Å². The van der Waals surface area contributed by atoms with Crippen LogP contribution in [0.15, 0.2) is 54.9 Å². The third-order valence-electron chi connectivity index (χ3n) is 4.86. The molecular formula is C20H21N3O3. The molecule has 0 radical (unpaired) electrons. The third kappa shape index (κ3) is 3.09. The topological polar surface area (TPSA) is 76.4 Å². The van der Waals surface area contributed by atoms with Crippen molar-refractivity contribution in [2.45, 2.75) is 18.4 Å². The first-order valence-corrected chi connectivity index (χ1v) is 8.74. The molecule has 1 aliphatic rings. The van der Waals surface area contributed by atoms with E-state index in [0.29, 0.717) is 25.2 Å². The van der Waals surface area contributed by atoms with Gasteiger partial charge in [0, 0.05) is 17.9 Å². The number of nitrogens with one attached hydrogen (secondary N) is 1. The number of carbonyl (C=O) groups is 1. The number of aromatic nitrogens is 2. The summed E-state index contributed by atoms with van der Waals surface area (Å²) in [7, 11) is 0. The Hall–Kier alpha value is -2.70. The summed E-state index contributed by atoms with van der Waals surface area (Å²) in [5.41, 5.74) is 2.75. The van der Waals surface area contributed by atoms with Crippen molar-refractivity contribution in [1.82, 2.24) is 14.9 Å². The fourth-order valence-corrected chi connectivity index (χ4v) is 3.37. The fourth-order valence-electron chi connectivity index (χ4n) is 3.37. The molecule has 1 saturated heterocycles. The van der Waals surface area contributed by atoms with Gasteiger partial charge in [0.15, 0.2) is 0 Å². The summed E-state index contributed by atoms with van der Waals surface area (Å²) in [6.07, 6.45) is 3.32. The van der Waals surface area contributed by atoms with E-state index in [1.54, 1.807) is 18.5 Å². The predicted octanol–water partition coefficient (Wildman–Crippen LogP) is 2.30. The van der Waals surface area contributed by atoms with Crippen LogP contribution in [0.2, 0.25) is 0 Å². The number of imidazole rings is 1. The number of hydrogen-bond donors (Lipinski definition) is 2. The molecule has 2 aromatic carbocycles. The molecule has 1 amide bonds. The number of nitrogens with zero attached hydrogens (tertiary/aromatic N) is 2. The molecule has 26 heavy (non-hydrogen) atoms. The SMILES string of the molecule is O=C(NC1(CO)CCCOC1)c1ccc(-n2cnc3ccccc32)cc1. The first-order chi connectivity index (χ1) is 12.7. The minimum atomic E-state index is -0.686. The molecule has 0 spiro atoms. The van der Waals surface area contributed by atoms with E-state index in [0.717, 1.165) is 23.1 Å². The molecule has 4 rings (SSSR count). The van der Waals surface area contributed by atoms with Crippen LogP contribution in [0, 0.1) is 0 Å². The summed E-state index contributed by atoms with van der Waals surface area (Å²) in [5.74, 6) is -0.202. The lowest BCUT2D eigenvalue weighted by Crippen LogP contribution is -2.56. The van der Waals surface area contributed by atoms with Crippen LogP contribution in [-0.4, -0.2) is 45.9 Å². The molecule has 1 fully saturated rings. The lowest BCUT2D eigenvalue weighted by molar-refractivity contribution is -0.00538. The number of hydrogen-bond acceptors (Lipinski definition) is 4. The summed E-state index contributed by atoms with van der Waals surface area (Å²) >= 11 is 0. The van der Waals surface area contributed by atoms with Gasteiger partial charge < -0.3 is 15.2 Å². The van der Waals surface area contributed by atoms with Crippen molar-refractivity contribution in [2.24, 2.45) is 0 Å². The van der Waals surface area contributed by atoms with Crippen LogP contribution in [0.5, 0.6) is 0 Å². The van der Waals surface area contributed by atoms with E-state index in [9.17, 15) is 9.90 Å². The molecule has 0 bridgehead atoms. The molecular weight excluding hydrogens is 330 g/mol. The maximum Gasteiger partial charge on any atom is 0.251 e. The van der Waals surface area contributed by atoms with Crippen molar-refractivity contribution >= 4 is 16.9 Å². The second-order valence-electron chi connectivity index (χ2n) is 6.70. The molecule has 3 aromatic rings. The van der Waals surface area contributed by atoms with Crippen LogP contribution < -0.4 is 5.32 Å². The van der Waals surface area contributed by atoms with Gasteiger partial charge in [-0.15, -0.1) is 0 Å². The van der Waals surface area contributed by atoms with Crippen molar-refractivity contribution < 1.29 is 14.6 Å². The molecule has 6 heteroatoms. The van der Waals surface area contributed by atoms with Gasteiger partial charge in [-0.3, -0.25) is 9.36 Å². The lowest BCUT2D eigenvalue weighted by atomic mass is 9.93. The van der Waals surface area contributed by atoms with Gasteiger partial charge in [0.2, 0.25) is 0 Å². The molecule has 1 aromatic heterocycles. The molecule has 1 unspecified atom stereocenters. The number of fused-ring (bicyclic) bond motifs is 1. The monoisotopic (exact) mass is 351 g/mol. The van der Waals surface area contributed by atoms with E-state index in [1.165, 1.54) is 0 Å². The van der Waals surface area contributed by atoms with Gasteiger partial charge in [0.25, 0.3) is 5.91 Å². The summed E-state index contributed by atoms with van der Waals surface area (Å²) in [6, 6.07) is 15.3. The smallest absolute Gasteiger partial charge is 0.251 e. The highest BCUT2D eigenvalue weighted by atomic mass is 16.5. The van der Waals surface area contributed by atoms with Gasteiger partial charge in [0.05, 0.1) is 29.8 Å². The number of rotatable bonds is 4. The lowest BCUT2D eigenvalue weighted by Gasteiger charge is -2.36. The van der Waals surface area contributed by atoms with Crippen LogP contribution >= 0.6 is 0 Å². The molecule has 2 N–H and O–H groups in total. The normalized spacial score (nSPS) is 20.2. The van der Waals surface area contributed by atoms with Crippen LogP contribution in [0.3, 0.4) is 0 Å². The first kappa shape index (κ1) is 16.8. The van der Waals surface area contributed by atoms with Gasteiger partial charge in [0.1, 0.15) is 6.33 Å². The van der Waals surface area contributed by atoms with Gasteiger partial charge in [-0.2, -0.15) is 0 Å². The molecule has 1 aliphatic heterocycles. The summed E-state index contributed by atoms with van der Waals surface area (Å²) in [5, 5.41) is 12.7. The highest BCUT2D eigenvalue weighted by molar-refractivity contribution is 5.95. The van der Waals surface area contributed by atoms with Gasteiger partial charge in [-0.05, 0) is 49.2 Å². The zero-order valence-corrected chi connectivity index (χ0v) is 14.4. The zero-order valence-electron chi connectivity index (χ0n) is 14.4. The van der Waals surface area contributed by atoms with Crippen LogP contribution in [-0.2, 0) is 4.74 Å². The standard InChI is InChI=1S/C20H21N3O3/c24-12-20(10-3-11-26-13-20)22-19(25)15-6-8-16(9-7-15)23-14-21-17-4-1-2-5-18(17)23/h1-2,4-9,14,24H,3,10-13H2,(H,22,25). The quantitative estimate of drug-likeness (QED) is 0.756. The maximum absolute atomic E-state index is 12.6. The number of amides is 1. The Morgan fingerprint density at radius 2 is 2.04 bits per heavy atom. The second-order valence-corrected chi connectivity index (χ2v) is 6.70. The molecule has 1 atom stereocenters. The van der Waals surface area contributed by atoms with Gasteiger partial charge >= 0.3 is 0 Å². The highest BCUT2D eigenvalue weighted by Gasteiger charge is 2.34. The molecule has 2 heterocycles. The first-order valence-electron chi connectivity index (χ1n) is 8.74. The van der Waals surface area contributed by atoms with Crippen molar-refractivity contribution in [3.8, 4) is 5.69 Å². The predicted molar refractivity (Wildman–Crippen MR) is 98.4 cm³/mol. The Kier molecular flexibility index (Phi) is 4.44. The Balaban J connectivity index is 1.55. The number of aliphatic hydroxyl groups excluding tert-OH is 1. The van der Waals surface area contributed by atoms with E-state index in [1.807, 2.05) is 41.0 Å². The molecule has 0 saturated carbocycles. The Morgan fingerprint density at radius 3 is 2.77 bits per heavy atom. The molecule has 6 nitrogen and oxygen atoms in total. The Labute approximate surface area is 151 Å². The number of ether oxygens (including phenoxy) is 1. The fraction of sp³-hybridized carbons (Fsp3) is 0.300. The molecule has 134 valence electrons. The van der Waals surface area contributed by atoms with E-state index in [-0.39, 0.29) is 12.5 Å². The number of carbonyl (C=O) groups excluding carboxylic acids is 1. The minimum absolute atomic E-state index is 0.127. The van der Waals surface area contributed by atoms with E-state index < -0.39 is 5.54 Å².